The number of rotatable bonds is 3. The summed E-state index contributed by atoms with van der Waals surface area (Å²) in [4.78, 5) is 26.0. The highest BCUT2D eigenvalue weighted by molar-refractivity contribution is 5.95. The van der Waals surface area contributed by atoms with Crippen LogP contribution in [0.1, 0.15) is 0 Å². The summed E-state index contributed by atoms with van der Waals surface area (Å²) < 4.78 is 0. The van der Waals surface area contributed by atoms with Crippen molar-refractivity contribution in [2.75, 3.05) is 11.4 Å². The zero-order valence-electron chi connectivity index (χ0n) is 7.25. The summed E-state index contributed by atoms with van der Waals surface area (Å²) in [5.41, 5.74) is 5.38. The molecule has 1 rings (SSSR count). The van der Waals surface area contributed by atoms with Gasteiger partial charge in [0.05, 0.1) is 11.9 Å². The van der Waals surface area contributed by atoms with Gasteiger partial charge >= 0.3 is 12.0 Å². The molecule has 6 nitrogen and oxygen atoms in total. The number of anilines is 1. The molecule has 0 aliphatic carbocycles. The maximum atomic E-state index is 10.9. The third-order valence-electron chi connectivity index (χ3n) is 1.52. The van der Waals surface area contributed by atoms with Crippen molar-refractivity contribution in [1.29, 1.82) is 0 Å². The second-order valence-corrected chi connectivity index (χ2v) is 2.53. The Labute approximate surface area is 80.0 Å². The molecule has 1 aromatic rings. The minimum absolute atomic E-state index is 0.363. The van der Waals surface area contributed by atoms with Gasteiger partial charge in [-0.05, 0) is 12.1 Å². The molecule has 0 aliphatic rings. The lowest BCUT2D eigenvalue weighted by Crippen LogP contribution is -2.39. The Morgan fingerprint density at radius 2 is 2.29 bits per heavy atom. The summed E-state index contributed by atoms with van der Waals surface area (Å²) in [5.74, 6) is -1.13. The van der Waals surface area contributed by atoms with E-state index in [1.165, 1.54) is 12.4 Å². The number of carbonyl (C=O) groups excluding carboxylic acids is 1. The summed E-state index contributed by atoms with van der Waals surface area (Å²) in [6.07, 6.45) is 2.89. The van der Waals surface area contributed by atoms with Gasteiger partial charge in [0.1, 0.15) is 6.54 Å². The van der Waals surface area contributed by atoms with E-state index in [4.69, 9.17) is 10.8 Å². The molecule has 6 heteroatoms. The number of carboxylic acids is 1. The van der Waals surface area contributed by atoms with E-state index in [9.17, 15) is 9.59 Å². The summed E-state index contributed by atoms with van der Waals surface area (Å²) >= 11 is 0. The zero-order valence-corrected chi connectivity index (χ0v) is 7.25. The third kappa shape index (κ3) is 2.44. The number of nitrogens with two attached hydrogens (primary N) is 1. The molecule has 0 fully saturated rings. The van der Waals surface area contributed by atoms with Crippen molar-refractivity contribution < 1.29 is 14.7 Å². The van der Waals surface area contributed by atoms with Crippen molar-refractivity contribution in [1.82, 2.24) is 4.98 Å². The molecule has 74 valence electrons. The first-order chi connectivity index (χ1) is 6.61. The van der Waals surface area contributed by atoms with Crippen LogP contribution in [0.15, 0.2) is 24.5 Å². The van der Waals surface area contributed by atoms with Crippen LogP contribution in [-0.4, -0.2) is 28.6 Å². The molecule has 14 heavy (non-hydrogen) atoms. The van der Waals surface area contributed by atoms with Gasteiger partial charge in [0.15, 0.2) is 0 Å². The lowest BCUT2D eigenvalue weighted by atomic mass is 10.3. The number of carbonyl (C=O) groups is 2. The Morgan fingerprint density at radius 1 is 1.57 bits per heavy atom. The fourth-order valence-electron chi connectivity index (χ4n) is 0.945. The number of hydrogen-bond donors (Lipinski definition) is 2. The number of amides is 2. The first kappa shape index (κ1) is 9.97. The van der Waals surface area contributed by atoms with Crippen LogP contribution in [0.3, 0.4) is 0 Å². The van der Waals surface area contributed by atoms with E-state index in [0.29, 0.717) is 5.69 Å². The van der Waals surface area contributed by atoms with Crippen LogP contribution in [-0.2, 0) is 4.79 Å². The van der Waals surface area contributed by atoms with Gasteiger partial charge in [0, 0.05) is 6.20 Å². The second kappa shape index (κ2) is 4.22. The number of primary amides is 1. The average molecular weight is 195 g/mol. The highest BCUT2D eigenvalue weighted by atomic mass is 16.4. The maximum absolute atomic E-state index is 10.9. The van der Waals surface area contributed by atoms with Crippen LogP contribution in [0.4, 0.5) is 10.5 Å². The van der Waals surface area contributed by atoms with E-state index in [-0.39, 0.29) is 0 Å². The summed E-state index contributed by atoms with van der Waals surface area (Å²) in [5, 5.41) is 8.52. The van der Waals surface area contributed by atoms with Crippen molar-refractivity contribution in [3.63, 3.8) is 0 Å². The normalized spacial score (nSPS) is 9.43. The second-order valence-electron chi connectivity index (χ2n) is 2.53. The highest BCUT2D eigenvalue weighted by Gasteiger charge is 2.15. The van der Waals surface area contributed by atoms with Gasteiger partial charge in [-0.15, -0.1) is 0 Å². The molecule has 3 N–H and O–H groups in total. The average Bonchev–Trinajstić information content (AvgIpc) is 2.15. The summed E-state index contributed by atoms with van der Waals surface area (Å²) in [6, 6.07) is 2.33. The van der Waals surface area contributed by atoms with Gasteiger partial charge in [-0.2, -0.15) is 0 Å². The van der Waals surface area contributed by atoms with Crippen LogP contribution in [0.2, 0.25) is 0 Å². The molecule has 0 bridgehead atoms. The monoisotopic (exact) mass is 195 g/mol. The molecular formula is C8H9N3O3. The third-order valence-corrected chi connectivity index (χ3v) is 1.52. The van der Waals surface area contributed by atoms with E-state index < -0.39 is 18.5 Å². The number of nitrogens with zero attached hydrogens (tertiary/aromatic N) is 2. The lowest BCUT2D eigenvalue weighted by molar-refractivity contribution is -0.135. The smallest absolute Gasteiger partial charge is 0.323 e. The molecule has 0 unspecified atom stereocenters. The molecule has 0 spiro atoms. The Kier molecular flexibility index (Phi) is 3.01. The van der Waals surface area contributed by atoms with Crippen LogP contribution < -0.4 is 10.6 Å². The Morgan fingerprint density at radius 3 is 2.71 bits per heavy atom. The zero-order chi connectivity index (χ0) is 10.6. The van der Waals surface area contributed by atoms with Gasteiger partial charge in [0.25, 0.3) is 0 Å². The van der Waals surface area contributed by atoms with Crippen LogP contribution in [0.5, 0.6) is 0 Å². The van der Waals surface area contributed by atoms with Crippen molar-refractivity contribution >= 4 is 17.7 Å². The number of urea groups is 1. The van der Waals surface area contributed by atoms with Crippen molar-refractivity contribution in [2.24, 2.45) is 5.73 Å². The minimum atomic E-state index is -1.13. The van der Waals surface area contributed by atoms with Gasteiger partial charge in [0.2, 0.25) is 0 Å². The van der Waals surface area contributed by atoms with Crippen molar-refractivity contribution in [2.45, 2.75) is 0 Å². The first-order valence-corrected chi connectivity index (χ1v) is 3.80. The standard InChI is InChI=1S/C8H9N3O3/c9-8(14)11(5-7(12)13)6-2-1-3-10-4-6/h1-4H,5H2,(H2,9,14)(H,12,13). The minimum Gasteiger partial charge on any atom is -0.480 e. The molecule has 1 aromatic heterocycles. The number of hydrogen-bond acceptors (Lipinski definition) is 3. The predicted molar refractivity (Wildman–Crippen MR) is 48.8 cm³/mol. The highest BCUT2D eigenvalue weighted by Crippen LogP contribution is 2.10. The number of aliphatic carboxylic acids is 1. The molecule has 0 atom stereocenters. The van der Waals surface area contributed by atoms with E-state index >= 15 is 0 Å². The molecule has 0 saturated carbocycles. The van der Waals surface area contributed by atoms with Gasteiger partial charge in [-0.1, -0.05) is 0 Å². The Balaban J connectivity index is 2.89. The van der Waals surface area contributed by atoms with Crippen LogP contribution >= 0.6 is 0 Å². The number of aromatic nitrogens is 1. The van der Waals surface area contributed by atoms with E-state index in [2.05, 4.69) is 4.98 Å². The van der Waals surface area contributed by atoms with E-state index in [0.717, 1.165) is 4.90 Å². The van der Waals surface area contributed by atoms with E-state index in [1.807, 2.05) is 0 Å². The largest absolute Gasteiger partial charge is 0.480 e. The van der Waals surface area contributed by atoms with Gasteiger partial charge < -0.3 is 10.8 Å². The molecule has 0 aromatic carbocycles. The Bertz CT molecular complexity index is 339. The summed E-state index contributed by atoms with van der Waals surface area (Å²) in [6.45, 7) is -0.471. The van der Waals surface area contributed by atoms with E-state index in [1.54, 1.807) is 12.1 Å². The van der Waals surface area contributed by atoms with Crippen LogP contribution in [0.25, 0.3) is 0 Å². The summed E-state index contributed by atoms with van der Waals surface area (Å²) in [7, 11) is 0. The Hall–Kier alpha value is -2.11. The molecular weight excluding hydrogens is 186 g/mol. The first-order valence-electron chi connectivity index (χ1n) is 3.80. The van der Waals surface area contributed by atoms with Gasteiger partial charge in [-0.25, -0.2) is 4.79 Å². The predicted octanol–water partition coefficient (Wildman–Crippen LogP) is 0.0513. The fraction of sp³-hybridized carbons (Fsp3) is 0.125. The maximum Gasteiger partial charge on any atom is 0.323 e. The lowest BCUT2D eigenvalue weighted by Gasteiger charge is -2.17. The molecule has 2 amide bonds. The van der Waals surface area contributed by atoms with Crippen molar-refractivity contribution in [3.8, 4) is 0 Å². The molecule has 0 radical (unpaired) electrons. The molecule has 1 heterocycles. The fourth-order valence-corrected chi connectivity index (χ4v) is 0.945. The van der Waals surface area contributed by atoms with Gasteiger partial charge in [-0.3, -0.25) is 14.7 Å². The SMILES string of the molecule is NC(=O)N(CC(=O)O)c1cccnc1. The van der Waals surface area contributed by atoms with Crippen LogP contribution in [0, 0.1) is 0 Å². The molecule has 0 aliphatic heterocycles. The van der Waals surface area contributed by atoms with Crippen molar-refractivity contribution in [3.05, 3.63) is 24.5 Å². The molecule has 0 saturated heterocycles. The quantitative estimate of drug-likeness (QED) is 0.712. The topological polar surface area (TPSA) is 96.5 Å². The number of pyridine rings is 1. The number of carboxylic acid groups (broad SMARTS) is 1.